The summed E-state index contributed by atoms with van der Waals surface area (Å²) in [5, 5.41) is 19.5. The number of ether oxygens (including phenoxy) is 1. The van der Waals surface area contributed by atoms with Gasteiger partial charge >= 0.3 is 11.7 Å². The van der Waals surface area contributed by atoms with E-state index in [0.717, 1.165) is 12.1 Å². The lowest BCUT2D eigenvalue weighted by molar-refractivity contribution is -0.386. The molecule has 1 aromatic carbocycles. The molecule has 8 heteroatoms. The predicted molar refractivity (Wildman–Crippen MR) is 58.8 cm³/mol. The largest absolute Gasteiger partial charge is 0.479 e. The van der Waals surface area contributed by atoms with Crippen LogP contribution >= 0.6 is 0 Å². The second-order valence-corrected chi connectivity index (χ2v) is 3.39. The number of carbonyl (C=O) groups is 1. The van der Waals surface area contributed by atoms with Crippen molar-refractivity contribution in [1.29, 1.82) is 0 Å². The smallest absolute Gasteiger partial charge is 0.344 e. The monoisotopic (exact) mass is 258 g/mol. The van der Waals surface area contributed by atoms with Gasteiger partial charge in [-0.25, -0.2) is 9.18 Å². The van der Waals surface area contributed by atoms with Crippen molar-refractivity contribution in [3.05, 3.63) is 34.1 Å². The average molecular weight is 258 g/mol. The van der Waals surface area contributed by atoms with Gasteiger partial charge in [0.25, 0.3) is 0 Å². The highest BCUT2D eigenvalue weighted by atomic mass is 19.1. The Hall–Kier alpha value is -2.22. The molecule has 0 aliphatic heterocycles. The van der Waals surface area contributed by atoms with Crippen LogP contribution in [0.1, 0.15) is 6.42 Å². The van der Waals surface area contributed by atoms with Gasteiger partial charge in [-0.2, -0.15) is 0 Å². The number of nitrogens with zero attached hydrogens (tertiary/aromatic N) is 1. The van der Waals surface area contributed by atoms with Crippen LogP contribution in [0.3, 0.4) is 0 Å². The number of carboxylic acid groups (broad SMARTS) is 1. The van der Waals surface area contributed by atoms with Crippen molar-refractivity contribution in [2.75, 3.05) is 6.54 Å². The van der Waals surface area contributed by atoms with E-state index in [1.807, 2.05) is 0 Å². The topological polar surface area (TPSA) is 116 Å². The lowest BCUT2D eigenvalue weighted by Gasteiger charge is -2.14. The van der Waals surface area contributed by atoms with Crippen molar-refractivity contribution < 1.29 is 24.0 Å². The minimum Gasteiger partial charge on any atom is -0.479 e. The van der Waals surface area contributed by atoms with Gasteiger partial charge in [0.15, 0.2) is 11.9 Å². The molecule has 0 radical (unpaired) electrons. The van der Waals surface area contributed by atoms with Gasteiger partial charge < -0.3 is 15.6 Å². The van der Waals surface area contributed by atoms with Crippen molar-refractivity contribution in [3.63, 3.8) is 0 Å². The molecule has 1 unspecified atom stereocenters. The zero-order valence-electron chi connectivity index (χ0n) is 9.21. The van der Waals surface area contributed by atoms with Crippen molar-refractivity contribution in [3.8, 4) is 5.75 Å². The van der Waals surface area contributed by atoms with E-state index in [-0.39, 0.29) is 18.7 Å². The fraction of sp³-hybridized carbons (Fsp3) is 0.300. The second-order valence-electron chi connectivity index (χ2n) is 3.39. The summed E-state index contributed by atoms with van der Waals surface area (Å²) in [6.07, 6.45) is -1.32. The Labute approximate surface area is 101 Å². The Morgan fingerprint density at radius 1 is 1.61 bits per heavy atom. The van der Waals surface area contributed by atoms with E-state index in [1.165, 1.54) is 0 Å². The summed E-state index contributed by atoms with van der Waals surface area (Å²) in [6.45, 7) is 0.0476. The van der Waals surface area contributed by atoms with Gasteiger partial charge in [-0.05, 0) is 18.7 Å². The molecular weight excluding hydrogens is 247 g/mol. The molecule has 1 atom stereocenters. The number of benzene rings is 1. The number of aliphatic carboxylic acids is 1. The number of nitro benzene ring substituents is 1. The van der Waals surface area contributed by atoms with Gasteiger partial charge in [0.05, 0.1) is 11.0 Å². The van der Waals surface area contributed by atoms with Crippen LogP contribution in [0.25, 0.3) is 0 Å². The van der Waals surface area contributed by atoms with Gasteiger partial charge in [-0.1, -0.05) is 0 Å². The Balaban J connectivity index is 3.01. The van der Waals surface area contributed by atoms with E-state index in [2.05, 4.69) is 0 Å². The van der Waals surface area contributed by atoms with Crippen molar-refractivity contribution in [2.24, 2.45) is 5.73 Å². The number of hydrogen-bond acceptors (Lipinski definition) is 5. The zero-order chi connectivity index (χ0) is 13.7. The van der Waals surface area contributed by atoms with Crippen LogP contribution in [-0.2, 0) is 4.79 Å². The highest BCUT2D eigenvalue weighted by Crippen LogP contribution is 2.28. The number of hydrogen-bond donors (Lipinski definition) is 2. The van der Waals surface area contributed by atoms with Gasteiger partial charge in [-0.3, -0.25) is 10.1 Å². The summed E-state index contributed by atoms with van der Waals surface area (Å²) in [4.78, 5) is 20.6. The van der Waals surface area contributed by atoms with Crippen LogP contribution in [-0.4, -0.2) is 28.6 Å². The average Bonchev–Trinajstić information content (AvgIpc) is 2.30. The molecule has 0 saturated heterocycles. The van der Waals surface area contributed by atoms with E-state index in [4.69, 9.17) is 15.6 Å². The maximum atomic E-state index is 12.9. The maximum Gasteiger partial charge on any atom is 0.344 e. The third-order valence-electron chi connectivity index (χ3n) is 2.09. The minimum absolute atomic E-state index is 0.0101. The molecule has 0 amide bonds. The summed E-state index contributed by atoms with van der Waals surface area (Å²) in [7, 11) is 0. The van der Waals surface area contributed by atoms with E-state index >= 15 is 0 Å². The van der Waals surface area contributed by atoms with Crippen molar-refractivity contribution in [1.82, 2.24) is 0 Å². The van der Waals surface area contributed by atoms with Crippen LogP contribution in [0.2, 0.25) is 0 Å². The first-order chi connectivity index (χ1) is 8.45. The van der Waals surface area contributed by atoms with E-state index in [9.17, 15) is 19.3 Å². The quantitative estimate of drug-likeness (QED) is 0.578. The summed E-state index contributed by atoms with van der Waals surface area (Å²) < 4.78 is 17.8. The Morgan fingerprint density at radius 2 is 2.28 bits per heavy atom. The van der Waals surface area contributed by atoms with Crippen molar-refractivity contribution >= 4 is 11.7 Å². The zero-order valence-corrected chi connectivity index (χ0v) is 9.21. The van der Waals surface area contributed by atoms with Crippen LogP contribution in [0.15, 0.2) is 18.2 Å². The normalized spacial score (nSPS) is 11.9. The third kappa shape index (κ3) is 3.39. The van der Waals surface area contributed by atoms with E-state index in [0.29, 0.717) is 6.07 Å². The number of nitrogens with two attached hydrogens (primary N) is 1. The number of nitro groups is 1. The molecule has 0 aliphatic rings. The molecule has 18 heavy (non-hydrogen) atoms. The number of carboxylic acids is 1. The minimum atomic E-state index is -1.31. The first-order valence-electron chi connectivity index (χ1n) is 4.99. The van der Waals surface area contributed by atoms with E-state index in [1.54, 1.807) is 0 Å². The highest BCUT2D eigenvalue weighted by Gasteiger charge is 2.24. The first kappa shape index (κ1) is 13.8. The molecule has 0 aromatic heterocycles. The lowest BCUT2D eigenvalue weighted by atomic mass is 10.2. The highest BCUT2D eigenvalue weighted by molar-refractivity contribution is 5.73. The van der Waals surface area contributed by atoms with Gasteiger partial charge in [-0.15, -0.1) is 0 Å². The SMILES string of the molecule is NCCC(Oc1ccc(F)cc1[N+](=O)[O-])C(=O)O. The maximum absolute atomic E-state index is 12.9. The van der Waals surface area contributed by atoms with Crippen LogP contribution in [0.5, 0.6) is 5.75 Å². The predicted octanol–water partition coefficient (Wildman–Crippen LogP) is 0.915. The van der Waals surface area contributed by atoms with Crippen molar-refractivity contribution in [2.45, 2.75) is 12.5 Å². The molecule has 0 fully saturated rings. The van der Waals surface area contributed by atoms with Gasteiger partial charge in [0, 0.05) is 6.42 Å². The fourth-order valence-electron chi connectivity index (χ4n) is 1.27. The molecule has 3 N–H and O–H groups in total. The Bertz CT molecular complexity index is 466. The molecule has 0 bridgehead atoms. The summed E-state index contributed by atoms with van der Waals surface area (Å²) in [5.74, 6) is -2.40. The molecule has 0 aliphatic carbocycles. The lowest BCUT2D eigenvalue weighted by Crippen LogP contribution is -2.29. The molecule has 0 saturated carbocycles. The molecule has 7 nitrogen and oxygen atoms in total. The van der Waals surface area contributed by atoms with Crippen LogP contribution in [0.4, 0.5) is 10.1 Å². The molecule has 1 rings (SSSR count). The molecule has 1 aromatic rings. The van der Waals surface area contributed by atoms with Crippen LogP contribution < -0.4 is 10.5 Å². The Kier molecular flexibility index (Phi) is 4.55. The summed E-state index contributed by atoms with van der Waals surface area (Å²) in [5.41, 5.74) is 4.58. The van der Waals surface area contributed by atoms with E-state index < -0.39 is 28.5 Å². The number of halogens is 1. The summed E-state index contributed by atoms with van der Waals surface area (Å²) in [6, 6.07) is 2.63. The van der Waals surface area contributed by atoms with Crippen LogP contribution in [0, 0.1) is 15.9 Å². The summed E-state index contributed by atoms with van der Waals surface area (Å²) >= 11 is 0. The van der Waals surface area contributed by atoms with Gasteiger partial charge in [0.1, 0.15) is 5.82 Å². The molecule has 0 heterocycles. The number of rotatable bonds is 6. The molecule has 0 spiro atoms. The Morgan fingerprint density at radius 3 is 2.78 bits per heavy atom. The second kappa shape index (κ2) is 5.92. The first-order valence-corrected chi connectivity index (χ1v) is 4.99. The molecule has 98 valence electrons. The standard InChI is InChI=1S/C10H11FN2O5/c11-6-1-2-8(7(5-6)13(16)17)18-9(3-4-12)10(14)15/h1-2,5,9H,3-4,12H2,(H,14,15). The third-order valence-corrected chi connectivity index (χ3v) is 2.09. The molecular formula is C10H11FN2O5. The fourth-order valence-corrected chi connectivity index (χ4v) is 1.27. The van der Waals surface area contributed by atoms with Gasteiger partial charge in [0.2, 0.25) is 0 Å².